The summed E-state index contributed by atoms with van der Waals surface area (Å²) in [5, 5.41) is 8.90. The van der Waals surface area contributed by atoms with Crippen LogP contribution in [0.5, 0.6) is 5.75 Å². The van der Waals surface area contributed by atoms with Crippen LogP contribution in [0.25, 0.3) is 0 Å². The lowest BCUT2D eigenvalue weighted by Crippen LogP contribution is -2.31. The predicted molar refractivity (Wildman–Crippen MR) is 70.4 cm³/mol. The quantitative estimate of drug-likeness (QED) is 0.698. The molecule has 0 heterocycles. The summed E-state index contributed by atoms with van der Waals surface area (Å²) in [7, 11) is 0. The van der Waals surface area contributed by atoms with Gasteiger partial charge in [0.1, 0.15) is 12.4 Å². The number of hydrogen-bond acceptors (Lipinski definition) is 3. The lowest BCUT2D eigenvalue weighted by Gasteiger charge is -2.19. The van der Waals surface area contributed by atoms with Gasteiger partial charge in [-0.1, -0.05) is 18.2 Å². The summed E-state index contributed by atoms with van der Waals surface area (Å²) in [6, 6.07) is 8.00. The number of ether oxygens (including phenoxy) is 1. The van der Waals surface area contributed by atoms with Crippen LogP contribution in [-0.2, 0) is 0 Å². The second-order valence-corrected chi connectivity index (χ2v) is 3.98. The molecule has 0 aliphatic carbocycles. The van der Waals surface area contributed by atoms with Gasteiger partial charge in [0, 0.05) is 19.6 Å². The Kier molecular flexibility index (Phi) is 6.37. The fraction of sp³-hybridized carbons (Fsp3) is 0.429. The number of hydrogen-bond donors (Lipinski definition) is 1. The highest BCUT2D eigenvalue weighted by Crippen LogP contribution is 2.11. The van der Waals surface area contributed by atoms with E-state index < -0.39 is 0 Å². The van der Waals surface area contributed by atoms with Crippen LogP contribution >= 0.6 is 0 Å². The van der Waals surface area contributed by atoms with E-state index in [1.807, 2.05) is 37.3 Å². The lowest BCUT2D eigenvalue weighted by molar-refractivity contribution is 0.180. The lowest BCUT2D eigenvalue weighted by atomic mass is 10.2. The molecule has 0 radical (unpaired) electrons. The minimum atomic E-state index is 0.165. The summed E-state index contributed by atoms with van der Waals surface area (Å²) in [4.78, 5) is 2.10. The molecule has 0 fully saturated rings. The molecule has 0 saturated carbocycles. The van der Waals surface area contributed by atoms with Gasteiger partial charge in [-0.25, -0.2) is 0 Å². The first-order chi connectivity index (χ1) is 8.26. The molecular weight excluding hydrogens is 214 g/mol. The molecule has 0 amide bonds. The Labute approximate surface area is 103 Å². The largest absolute Gasteiger partial charge is 0.492 e. The minimum Gasteiger partial charge on any atom is -0.492 e. The van der Waals surface area contributed by atoms with Crippen LogP contribution < -0.4 is 4.74 Å². The molecule has 0 aliphatic heterocycles. The molecule has 1 N–H and O–H groups in total. The van der Waals surface area contributed by atoms with E-state index in [0.717, 1.165) is 18.8 Å². The Hall–Kier alpha value is -1.32. The predicted octanol–water partition coefficient (Wildman–Crippen LogP) is 1.85. The second-order valence-electron chi connectivity index (χ2n) is 3.98. The molecule has 1 aromatic carbocycles. The number of aryl methyl sites for hydroxylation is 1. The minimum absolute atomic E-state index is 0.165. The van der Waals surface area contributed by atoms with Crippen molar-refractivity contribution in [2.75, 3.05) is 32.8 Å². The Morgan fingerprint density at radius 3 is 2.88 bits per heavy atom. The zero-order valence-corrected chi connectivity index (χ0v) is 10.4. The highest BCUT2D eigenvalue weighted by molar-refractivity contribution is 5.27. The summed E-state index contributed by atoms with van der Waals surface area (Å²) in [6.45, 7) is 8.75. The monoisotopic (exact) mass is 235 g/mol. The molecular formula is C14H21NO2. The van der Waals surface area contributed by atoms with E-state index >= 15 is 0 Å². The Balaban J connectivity index is 2.32. The Morgan fingerprint density at radius 1 is 1.41 bits per heavy atom. The average molecular weight is 235 g/mol. The number of rotatable bonds is 8. The van der Waals surface area contributed by atoms with Crippen LogP contribution in [0.15, 0.2) is 36.9 Å². The van der Waals surface area contributed by atoms with Gasteiger partial charge in [0.2, 0.25) is 0 Å². The van der Waals surface area contributed by atoms with Crippen molar-refractivity contribution >= 4 is 0 Å². The molecule has 0 aliphatic rings. The van der Waals surface area contributed by atoms with Crippen LogP contribution in [0, 0.1) is 6.92 Å². The van der Waals surface area contributed by atoms with Crippen LogP contribution in [0.3, 0.4) is 0 Å². The summed E-state index contributed by atoms with van der Waals surface area (Å²) in [5.41, 5.74) is 1.20. The normalized spacial score (nSPS) is 10.5. The Morgan fingerprint density at radius 2 is 2.24 bits per heavy atom. The van der Waals surface area contributed by atoms with Gasteiger partial charge in [-0.05, 0) is 24.6 Å². The second kappa shape index (κ2) is 7.87. The first-order valence-electron chi connectivity index (χ1n) is 5.90. The van der Waals surface area contributed by atoms with Gasteiger partial charge in [0.15, 0.2) is 0 Å². The van der Waals surface area contributed by atoms with Crippen molar-refractivity contribution in [3.63, 3.8) is 0 Å². The van der Waals surface area contributed by atoms with Crippen molar-refractivity contribution in [1.82, 2.24) is 4.90 Å². The third-order valence-electron chi connectivity index (χ3n) is 2.47. The SMILES string of the molecule is C=CCN(CCO)CCOc1cccc(C)c1. The third kappa shape index (κ3) is 5.52. The maximum Gasteiger partial charge on any atom is 0.119 e. The zero-order chi connectivity index (χ0) is 12.5. The molecule has 94 valence electrons. The maximum absolute atomic E-state index is 8.90. The van der Waals surface area contributed by atoms with E-state index in [2.05, 4.69) is 11.5 Å². The van der Waals surface area contributed by atoms with Gasteiger partial charge in [-0.2, -0.15) is 0 Å². The summed E-state index contributed by atoms with van der Waals surface area (Å²) in [5.74, 6) is 0.896. The molecule has 1 aromatic rings. The van der Waals surface area contributed by atoms with E-state index in [-0.39, 0.29) is 6.61 Å². The van der Waals surface area contributed by atoms with Crippen molar-refractivity contribution in [1.29, 1.82) is 0 Å². The van der Waals surface area contributed by atoms with E-state index in [4.69, 9.17) is 9.84 Å². The van der Waals surface area contributed by atoms with Gasteiger partial charge >= 0.3 is 0 Å². The van der Waals surface area contributed by atoms with Crippen molar-refractivity contribution in [3.05, 3.63) is 42.5 Å². The number of nitrogens with zero attached hydrogens (tertiary/aromatic N) is 1. The van der Waals surface area contributed by atoms with Gasteiger partial charge < -0.3 is 9.84 Å². The molecule has 0 unspecified atom stereocenters. The first kappa shape index (κ1) is 13.7. The number of aliphatic hydroxyl groups excluding tert-OH is 1. The average Bonchev–Trinajstić information content (AvgIpc) is 2.30. The maximum atomic E-state index is 8.90. The van der Waals surface area contributed by atoms with E-state index in [9.17, 15) is 0 Å². The van der Waals surface area contributed by atoms with Gasteiger partial charge in [0.05, 0.1) is 6.61 Å². The Bertz CT molecular complexity index is 339. The van der Waals surface area contributed by atoms with E-state index in [1.165, 1.54) is 5.56 Å². The highest BCUT2D eigenvalue weighted by atomic mass is 16.5. The van der Waals surface area contributed by atoms with Gasteiger partial charge in [-0.3, -0.25) is 4.90 Å². The molecule has 0 spiro atoms. The third-order valence-corrected chi connectivity index (χ3v) is 2.47. The summed E-state index contributed by atoms with van der Waals surface area (Å²) >= 11 is 0. The van der Waals surface area contributed by atoms with Crippen LogP contribution in [0.1, 0.15) is 5.56 Å². The topological polar surface area (TPSA) is 32.7 Å². The standard InChI is InChI=1S/C14H21NO2/c1-3-7-15(8-10-16)9-11-17-14-6-4-5-13(2)12-14/h3-6,12,16H,1,7-11H2,2H3. The summed E-state index contributed by atoms with van der Waals surface area (Å²) in [6.07, 6.45) is 1.84. The highest BCUT2D eigenvalue weighted by Gasteiger charge is 2.02. The zero-order valence-electron chi connectivity index (χ0n) is 10.4. The van der Waals surface area contributed by atoms with Crippen molar-refractivity contribution in [2.24, 2.45) is 0 Å². The fourth-order valence-corrected chi connectivity index (χ4v) is 1.62. The molecule has 0 bridgehead atoms. The molecule has 1 rings (SSSR count). The van der Waals surface area contributed by atoms with Gasteiger partial charge in [-0.15, -0.1) is 6.58 Å². The molecule has 0 aromatic heterocycles. The van der Waals surface area contributed by atoms with Crippen molar-refractivity contribution in [3.8, 4) is 5.75 Å². The van der Waals surface area contributed by atoms with Crippen molar-refractivity contribution in [2.45, 2.75) is 6.92 Å². The summed E-state index contributed by atoms with van der Waals surface area (Å²) < 4.78 is 5.65. The smallest absolute Gasteiger partial charge is 0.119 e. The molecule has 0 atom stereocenters. The fourth-order valence-electron chi connectivity index (χ4n) is 1.62. The van der Waals surface area contributed by atoms with E-state index in [0.29, 0.717) is 13.2 Å². The number of benzene rings is 1. The molecule has 3 heteroatoms. The molecule has 3 nitrogen and oxygen atoms in total. The first-order valence-corrected chi connectivity index (χ1v) is 5.90. The van der Waals surface area contributed by atoms with E-state index in [1.54, 1.807) is 0 Å². The van der Waals surface area contributed by atoms with Crippen molar-refractivity contribution < 1.29 is 9.84 Å². The molecule has 17 heavy (non-hydrogen) atoms. The number of aliphatic hydroxyl groups is 1. The van der Waals surface area contributed by atoms with Gasteiger partial charge in [0.25, 0.3) is 0 Å². The van der Waals surface area contributed by atoms with Crippen LogP contribution in [-0.4, -0.2) is 42.9 Å². The van der Waals surface area contributed by atoms with Crippen LogP contribution in [0.2, 0.25) is 0 Å². The molecule has 0 saturated heterocycles. The van der Waals surface area contributed by atoms with Crippen LogP contribution in [0.4, 0.5) is 0 Å².